The van der Waals surface area contributed by atoms with E-state index in [1.54, 1.807) is 7.11 Å². The zero-order valence-corrected chi connectivity index (χ0v) is 21.2. The van der Waals surface area contributed by atoms with Gasteiger partial charge in [0.1, 0.15) is 5.75 Å². The molecule has 0 bridgehead atoms. The summed E-state index contributed by atoms with van der Waals surface area (Å²) in [7, 11) is 1.70. The van der Waals surface area contributed by atoms with Gasteiger partial charge in [0.25, 0.3) is 0 Å². The van der Waals surface area contributed by atoms with E-state index in [-0.39, 0.29) is 24.0 Å². The quantitative estimate of drug-likeness (QED) is 0.180. The fourth-order valence-electron chi connectivity index (χ4n) is 3.36. The molecule has 2 rings (SSSR count). The molecule has 0 saturated carbocycles. The number of guanidine groups is 1. The van der Waals surface area contributed by atoms with Crippen LogP contribution in [-0.4, -0.2) is 70.6 Å². The van der Waals surface area contributed by atoms with E-state index in [1.807, 2.05) is 0 Å². The van der Waals surface area contributed by atoms with Crippen LogP contribution in [0.1, 0.15) is 38.7 Å². The van der Waals surface area contributed by atoms with E-state index in [2.05, 4.69) is 48.3 Å². The summed E-state index contributed by atoms with van der Waals surface area (Å²) in [5, 5.41) is 3.44. The van der Waals surface area contributed by atoms with Gasteiger partial charge < -0.3 is 24.4 Å². The van der Waals surface area contributed by atoms with Gasteiger partial charge in [0.05, 0.1) is 26.4 Å². The first kappa shape index (κ1) is 27.0. The SMILES string of the molecule is CCCCOc1ccc(CCN=C(NCC)N2CCC(COCCOC)C2)cc1.I. The smallest absolute Gasteiger partial charge is 0.193 e. The summed E-state index contributed by atoms with van der Waals surface area (Å²) in [5.41, 5.74) is 1.29. The number of nitrogens with zero attached hydrogens (tertiary/aromatic N) is 2. The zero-order chi connectivity index (χ0) is 20.7. The molecule has 1 aromatic carbocycles. The van der Waals surface area contributed by atoms with Crippen LogP contribution in [0.15, 0.2) is 29.3 Å². The molecule has 0 spiro atoms. The van der Waals surface area contributed by atoms with E-state index in [4.69, 9.17) is 19.2 Å². The highest BCUT2D eigenvalue weighted by Gasteiger charge is 2.24. The molecule has 6 nitrogen and oxygen atoms in total. The largest absolute Gasteiger partial charge is 0.494 e. The lowest BCUT2D eigenvalue weighted by Crippen LogP contribution is -2.40. The molecule has 1 N–H and O–H groups in total. The summed E-state index contributed by atoms with van der Waals surface area (Å²) in [4.78, 5) is 7.22. The van der Waals surface area contributed by atoms with Crippen molar-refractivity contribution in [3.05, 3.63) is 29.8 Å². The maximum Gasteiger partial charge on any atom is 0.193 e. The van der Waals surface area contributed by atoms with Crippen LogP contribution < -0.4 is 10.1 Å². The molecule has 1 saturated heterocycles. The Balaban J connectivity index is 0.00000450. The van der Waals surface area contributed by atoms with E-state index in [0.717, 1.165) is 76.8 Å². The lowest BCUT2D eigenvalue weighted by Gasteiger charge is -2.21. The molecule has 1 aliphatic heterocycles. The van der Waals surface area contributed by atoms with Crippen molar-refractivity contribution in [3.63, 3.8) is 0 Å². The van der Waals surface area contributed by atoms with Crippen LogP contribution in [0.3, 0.4) is 0 Å². The van der Waals surface area contributed by atoms with Gasteiger partial charge in [-0.15, -0.1) is 24.0 Å². The Morgan fingerprint density at radius 2 is 1.97 bits per heavy atom. The van der Waals surface area contributed by atoms with Gasteiger partial charge in [-0.1, -0.05) is 25.5 Å². The lowest BCUT2D eigenvalue weighted by atomic mass is 10.1. The monoisotopic (exact) mass is 533 g/mol. The summed E-state index contributed by atoms with van der Waals surface area (Å²) >= 11 is 0. The Morgan fingerprint density at radius 3 is 2.67 bits per heavy atom. The van der Waals surface area contributed by atoms with Crippen molar-refractivity contribution < 1.29 is 14.2 Å². The summed E-state index contributed by atoms with van der Waals surface area (Å²) in [5.74, 6) is 2.54. The number of hydrogen-bond acceptors (Lipinski definition) is 4. The van der Waals surface area contributed by atoms with Crippen LogP contribution in [0.5, 0.6) is 5.75 Å². The fourth-order valence-corrected chi connectivity index (χ4v) is 3.36. The van der Waals surface area contributed by atoms with E-state index in [0.29, 0.717) is 19.1 Å². The van der Waals surface area contributed by atoms with Gasteiger partial charge >= 0.3 is 0 Å². The van der Waals surface area contributed by atoms with Gasteiger partial charge in [-0.25, -0.2) is 0 Å². The predicted molar refractivity (Wildman–Crippen MR) is 134 cm³/mol. The van der Waals surface area contributed by atoms with Crippen LogP contribution in [0.25, 0.3) is 0 Å². The molecule has 172 valence electrons. The first-order valence-corrected chi connectivity index (χ1v) is 11.1. The molecule has 0 radical (unpaired) electrons. The standard InChI is InChI=1S/C23H39N3O3.HI/c1-4-6-15-29-22-9-7-20(8-10-22)11-13-25-23(24-5-2)26-14-12-21(18-26)19-28-17-16-27-3;/h7-10,21H,4-6,11-19H2,1-3H3,(H,24,25);1H. The number of nitrogens with one attached hydrogen (secondary N) is 1. The Morgan fingerprint density at radius 1 is 1.17 bits per heavy atom. The van der Waals surface area contributed by atoms with Crippen LogP contribution in [0.2, 0.25) is 0 Å². The highest BCUT2D eigenvalue weighted by atomic mass is 127. The molecule has 0 amide bonds. The van der Waals surface area contributed by atoms with Gasteiger partial charge in [0.2, 0.25) is 0 Å². The van der Waals surface area contributed by atoms with Crippen molar-refractivity contribution in [1.29, 1.82) is 0 Å². The number of unbranched alkanes of at least 4 members (excludes halogenated alkanes) is 1. The molecule has 0 aliphatic carbocycles. The number of halogens is 1. The molecule has 1 fully saturated rings. The average Bonchev–Trinajstić information content (AvgIpc) is 3.21. The average molecular weight is 533 g/mol. The molecule has 0 aromatic heterocycles. The summed E-state index contributed by atoms with van der Waals surface area (Å²) in [6.45, 7) is 10.9. The normalized spacial score (nSPS) is 16.4. The number of aliphatic imine (C=N–C) groups is 1. The minimum atomic E-state index is 0. The number of ether oxygens (including phenoxy) is 3. The van der Waals surface area contributed by atoms with Gasteiger partial charge in [-0.05, 0) is 43.9 Å². The van der Waals surface area contributed by atoms with Crippen molar-refractivity contribution in [2.75, 3.05) is 59.7 Å². The maximum absolute atomic E-state index is 5.73. The second-order valence-electron chi connectivity index (χ2n) is 7.50. The van der Waals surface area contributed by atoms with Gasteiger partial charge in [-0.3, -0.25) is 4.99 Å². The number of rotatable bonds is 13. The molecule has 1 unspecified atom stereocenters. The van der Waals surface area contributed by atoms with Crippen molar-refractivity contribution in [3.8, 4) is 5.75 Å². The molecule has 7 heteroatoms. The Bertz CT molecular complexity index is 584. The zero-order valence-electron chi connectivity index (χ0n) is 18.9. The maximum atomic E-state index is 5.73. The number of hydrogen-bond donors (Lipinski definition) is 1. The second-order valence-corrected chi connectivity index (χ2v) is 7.50. The van der Waals surface area contributed by atoms with Gasteiger partial charge in [0, 0.05) is 39.2 Å². The summed E-state index contributed by atoms with van der Waals surface area (Å²) < 4.78 is 16.5. The number of benzene rings is 1. The van der Waals surface area contributed by atoms with E-state index in [9.17, 15) is 0 Å². The van der Waals surface area contributed by atoms with Crippen LogP contribution in [0, 0.1) is 5.92 Å². The molecule has 1 heterocycles. The second kappa shape index (κ2) is 16.6. The van der Waals surface area contributed by atoms with Crippen molar-refractivity contribution >= 4 is 29.9 Å². The topological polar surface area (TPSA) is 55.3 Å². The van der Waals surface area contributed by atoms with E-state index < -0.39 is 0 Å². The van der Waals surface area contributed by atoms with Gasteiger partial charge in [0.15, 0.2) is 5.96 Å². The van der Waals surface area contributed by atoms with Crippen LogP contribution >= 0.6 is 24.0 Å². The minimum absolute atomic E-state index is 0. The molecular formula is C23H40IN3O3. The fraction of sp³-hybridized carbons (Fsp3) is 0.696. The summed E-state index contributed by atoms with van der Waals surface area (Å²) in [6.07, 6.45) is 4.33. The summed E-state index contributed by atoms with van der Waals surface area (Å²) in [6, 6.07) is 8.42. The first-order valence-electron chi connectivity index (χ1n) is 11.1. The molecule has 30 heavy (non-hydrogen) atoms. The minimum Gasteiger partial charge on any atom is -0.494 e. The highest BCUT2D eigenvalue weighted by Crippen LogP contribution is 2.17. The first-order chi connectivity index (χ1) is 14.3. The van der Waals surface area contributed by atoms with Gasteiger partial charge in [-0.2, -0.15) is 0 Å². The van der Waals surface area contributed by atoms with E-state index in [1.165, 1.54) is 5.56 Å². The molecule has 1 aliphatic rings. The molecule has 1 aromatic rings. The predicted octanol–water partition coefficient (Wildman–Crippen LogP) is 3.98. The Labute approximate surface area is 199 Å². The van der Waals surface area contributed by atoms with Crippen LogP contribution in [0.4, 0.5) is 0 Å². The van der Waals surface area contributed by atoms with Crippen molar-refractivity contribution in [2.24, 2.45) is 10.9 Å². The third-order valence-electron chi connectivity index (χ3n) is 5.06. The number of methoxy groups -OCH3 is 1. The number of likely N-dealkylation sites (tertiary alicyclic amines) is 1. The van der Waals surface area contributed by atoms with E-state index >= 15 is 0 Å². The third kappa shape index (κ3) is 10.3. The lowest BCUT2D eigenvalue weighted by molar-refractivity contribution is 0.0536. The molecular weight excluding hydrogens is 493 g/mol. The third-order valence-corrected chi connectivity index (χ3v) is 5.06. The highest BCUT2D eigenvalue weighted by molar-refractivity contribution is 14.0. The molecule has 1 atom stereocenters. The van der Waals surface area contributed by atoms with Crippen molar-refractivity contribution in [2.45, 2.75) is 39.5 Å². The Kier molecular flexibility index (Phi) is 14.9. The van der Waals surface area contributed by atoms with Crippen molar-refractivity contribution in [1.82, 2.24) is 10.2 Å². The van der Waals surface area contributed by atoms with Crippen LogP contribution in [-0.2, 0) is 15.9 Å². The Hall–Kier alpha value is -1.06.